The Morgan fingerprint density at radius 2 is 1.92 bits per heavy atom. The van der Waals surface area contributed by atoms with E-state index < -0.39 is 23.4 Å². The molecule has 0 unspecified atom stereocenters. The van der Waals surface area contributed by atoms with E-state index in [2.05, 4.69) is 21.2 Å². The Hall–Kier alpha value is -3.36. The van der Waals surface area contributed by atoms with Crippen molar-refractivity contribution >= 4 is 51.3 Å². The van der Waals surface area contributed by atoms with Crippen molar-refractivity contribution in [3.63, 3.8) is 0 Å². The number of nitrogens with zero attached hydrogens (tertiary/aromatic N) is 1. The van der Waals surface area contributed by atoms with Gasteiger partial charge >= 0.3 is 6.09 Å². The minimum absolute atomic E-state index is 0.0820. The number of halogens is 3. The number of carbonyl (C=O) groups excluding carboxylic acids is 2. The molecule has 0 fully saturated rings. The average Bonchev–Trinajstić information content (AvgIpc) is 2.88. The highest BCUT2D eigenvalue weighted by Gasteiger charge is 2.28. The molecule has 204 valence electrons. The van der Waals surface area contributed by atoms with Crippen LogP contribution in [-0.4, -0.2) is 29.0 Å². The molecule has 6 nitrogen and oxygen atoms in total. The Kier molecular flexibility index (Phi) is 8.97. The van der Waals surface area contributed by atoms with E-state index in [1.165, 1.54) is 12.1 Å². The maximum Gasteiger partial charge on any atom is 0.410 e. The van der Waals surface area contributed by atoms with Gasteiger partial charge in [-0.05, 0) is 74.7 Å². The number of rotatable bonds is 6. The lowest BCUT2D eigenvalue weighted by atomic mass is 9.98. The van der Waals surface area contributed by atoms with Crippen LogP contribution >= 0.6 is 27.5 Å². The summed E-state index contributed by atoms with van der Waals surface area (Å²) in [5, 5.41) is 3.23. The molecule has 0 bridgehead atoms. The fraction of sp³-hybridized carbons (Fsp3) is 0.267. The second kappa shape index (κ2) is 12.2. The number of nitrogens with one attached hydrogen (secondary N) is 1. The molecule has 1 heterocycles. The summed E-state index contributed by atoms with van der Waals surface area (Å²) in [5.74, 6) is -0.418. The van der Waals surface area contributed by atoms with Crippen molar-refractivity contribution in [2.75, 3.05) is 11.9 Å². The molecular formula is C30H29BrClFN2O4. The molecule has 3 aromatic rings. The van der Waals surface area contributed by atoms with Gasteiger partial charge in [0.05, 0.1) is 5.69 Å². The van der Waals surface area contributed by atoms with Crippen LogP contribution in [0.25, 0.3) is 6.08 Å². The quantitative estimate of drug-likeness (QED) is 0.288. The Bertz CT molecular complexity index is 1420. The number of anilines is 1. The van der Waals surface area contributed by atoms with Gasteiger partial charge in [0.25, 0.3) is 0 Å². The molecule has 0 aliphatic carbocycles. The second-order valence-electron chi connectivity index (χ2n) is 10.1. The fourth-order valence-electron chi connectivity index (χ4n) is 4.08. The largest absolute Gasteiger partial charge is 0.488 e. The smallest absolute Gasteiger partial charge is 0.410 e. The standard InChI is InChI=1S/C30H29BrClFN2O4/c1-30(2,3)39-29(37)35-15-14-23-20(17-35)8-11-25(28(23)33)34-27(36)13-9-19-16-22(31)10-12-26(19)38-18-21-6-4-5-7-24(21)32/h4-13,16H,14-15,17-18H2,1-3H3,(H,34,36)/b13-9+. The minimum atomic E-state index is -0.609. The van der Waals surface area contributed by atoms with Gasteiger partial charge in [0.15, 0.2) is 0 Å². The number of ether oxygens (including phenoxy) is 2. The van der Waals surface area contributed by atoms with Crippen LogP contribution in [0.1, 0.15) is 43.0 Å². The van der Waals surface area contributed by atoms with E-state index in [0.29, 0.717) is 40.4 Å². The molecule has 9 heteroatoms. The van der Waals surface area contributed by atoms with Crippen molar-refractivity contribution in [3.05, 3.63) is 98.2 Å². The summed E-state index contributed by atoms with van der Waals surface area (Å²) >= 11 is 9.67. The number of fused-ring (bicyclic) bond motifs is 1. The third-order valence-electron chi connectivity index (χ3n) is 5.97. The van der Waals surface area contributed by atoms with E-state index in [1.54, 1.807) is 49.9 Å². The highest BCUT2D eigenvalue weighted by Crippen LogP contribution is 2.29. The molecule has 0 aromatic heterocycles. The van der Waals surface area contributed by atoms with Crippen molar-refractivity contribution in [3.8, 4) is 5.75 Å². The van der Waals surface area contributed by atoms with Crippen LogP contribution in [-0.2, 0) is 29.1 Å². The normalized spacial score (nSPS) is 13.2. The summed E-state index contributed by atoms with van der Waals surface area (Å²) in [7, 11) is 0. The van der Waals surface area contributed by atoms with Crippen molar-refractivity contribution in [2.24, 2.45) is 0 Å². The van der Waals surface area contributed by atoms with Gasteiger partial charge in [-0.1, -0.05) is 51.8 Å². The summed E-state index contributed by atoms with van der Waals surface area (Å²) in [6.45, 7) is 6.25. The lowest BCUT2D eigenvalue weighted by molar-refractivity contribution is -0.111. The van der Waals surface area contributed by atoms with Gasteiger partial charge in [-0.2, -0.15) is 0 Å². The number of carbonyl (C=O) groups is 2. The SMILES string of the molecule is CC(C)(C)OC(=O)N1CCc2c(ccc(NC(=O)/C=C/c3cc(Br)ccc3OCc3ccccc3Cl)c2F)C1. The van der Waals surface area contributed by atoms with Crippen LogP contribution in [0, 0.1) is 5.82 Å². The van der Waals surface area contributed by atoms with Crippen molar-refractivity contribution < 1.29 is 23.5 Å². The molecule has 1 aliphatic heterocycles. The van der Waals surface area contributed by atoms with Crippen LogP contribution in [0.5, 0.6) is 5.75 Å². The highest BCUT2D eigenvalue weighted by atomic mass is 79.9. The Labute approximate surface area is 240 Å². The molecule has 1 N–H and O–H groups in total. The monoisotopic (exact) mass is 614 g/mol. The topological polar surface area (TPSA) is 67.9 Å². The van der Waals surface area contributed by atoms with Gasteiger partial charge < -0.3 is 19.7 Å². The molecule has 0 spiro atoms. The summed E-state index contributed by atoms with van der Waals surface area (Å²) < 4.78 is 27.5. The zero-order valence-corrected chi connectivity index (χ0v) is 24.2. The Morgan fingerprint density at radius 3 is 2.67 bits per heavy atom. The molecule has 0 atom stereocenters. The second-order valence-corrected chi connectivity index (χ2v) is 11.4. The summed E-state index contributed by atoms with van der Waals surface area (Å²) in [6.07, 6.45) is 2.83. The molecule has 0 saturated heterocycles. The first kappa shape index (κ1) is 28.6. The first-order valence-corrected chi connectivity index (χ1v) is 13.6. The molecular weight excluding hydrogens is 587 g/mol. The zero-order valence-electron chi connectivity index (χ0n) is 21.9. The van der Waals surface area contributed by atoms with E-state index in [4.69, 9.17) is 21.1 Å². The van der Waals surface area contributed by atoms with Gasteiger partial charge in [0, 0.05) is 39.8 Å². The minimum Gasteiger partial charge on any atom is -0.488 e. The summed E-state index contributed by atoms with van der Waals surface area (Å²) in [4.78, 5) is 26.7. The fourth-order valence-corrected chi connectivity index (χ4v) is 4.65. The molecule has 0 radical (unpaired) electrons. The van der Waals surface area contributed by atoms with Crippen LogP contribution in [0.15, 0.2) is 65.1 Å². The third kappa shape index (κ3) is 7.61. The maximum absolute atomic E-state index is 15.3. The molecule has 39 heavy (non-hydrogen) atoms. The van der Waals surface area contributed by atoms with E-state index >= 15 is 4.39 Å². The van der Waals surface area contributed by atoms with Crippen LogP contribution in [0.3, 0.4) is 0 Å². The maximum atomic E-state index is 15.3. The third-order valence-corrected chi connectivity index (χ3v) is 6.83. The van der Waals surface area contributed by atoms with Crippen molar-refractivity contribution in [1.82, 2.24) is 4.90 Å². The Balaban J connectivity index is 1.43. The van der Waals surface area contributed by atoms with E-state index in [1.807, 2.05) is 30.3 Å². The molecule has 0 saturated carbocycles. The number of hydrogen-bond acceptors (Lipinski definition) is 4. The van der Waals surface area contributed by atoms with Crippen LogP contribution < -0.4 is 10.1 Å². The van der Waals surface area contributed by atoms with E-state index in [0.717, 1.165) is 10.0 Å². The number of amides is 2. The van der Waals surface area contributed by atoms with Gasteiger partial charge in [0.2, 0.25) is 5.91 Å². The first-order chi connectivity index (χ1) is 18.5. The average molecular weight is 616 g/mol. The highest BCUT2D eigenvalue weighted by molar-refractivity contribution is 9.10. The predicted octanol–water partition coefficient (Wildman–Crippen LogP) is 7.77. The van der Waals surface area contributed by atoms with Gasteiger partial charge in [0.1, 0.15) is 23.8 Å². The molecule has 3 aromatic carbocycles. The van der Waals surface area contributed by atoms with Crippen molar-refractivity contribution in [2.45, 2.75) is 45.9 Å². The van der Waals surface area contributed by atoms with Gasteiger partial charge in [-0.25, -0.2) is 9.18 Å². The van der Waals surface area contributed by atoms with Crippen LogP contribution in [0.4, 0.5) is 14.9 Å². The van der Waals surface area contributed by atoms with Crippen LogP contribution in [0.2, 0.25) is 5.02 Å². The summed E-state index contributed by atoms with van der Waals surface area (Å²) in [6, 6.07) is 16.1. The van der Waals surface area contributed by atoms with Gasteiger partial charge in [-0.15, -0.1) is 0 Å². The Morgan fingerprint density at radius 1 is 1.15 bits per heavy atom. The van der Waals surface area contributed by atoms with E-state index in [9.17, 15) is 9.59 Å². The lowest BCUT2D eigenvalue weighted by Gasteiger charge is -2.31. The lowest BCUT2D eigenvalue weighted by Crippen LogP contribution is -2.40. The first-order valence-electron chi connectivity index (χ1n) is 12.4. The molecule has 4 rings (SSSR count). The predicted molar refractivity (Wildman–Crippen MR) is 154 cm³/mol. The molecule has 1 aliphatic rings. The summed E-state index contributed by atoms with van der Waals surface area (Å²) in [5.41, 5.74) is 2.15. The van der Waals surface area contributed by atoms with Gasteiger partial charge in [-0.3, -0.25) is 4.79 Å². The molecule has 2 amide bonds. The number of benzene rings is 3. The van der Waals surface area contributed by atoms with E-state index in [-0.39, 0.29) is 18.8 Å². The van der Waals surface area contributed by atoms with Crippen molar-refractivity contribution in [1.29, 1.82) is 0 Å². The zero-order chi connectivity index (χ0) is 28.2. The number of hydrogen-bond donors (Lipinski definition) is 1.